The Morgan fingerprint density at radius 3 is 2.67 bits per heavy atom. The molecule has 0 fully saturated rings. The summed E-state index contributed by atoms with van der Waals surface area (Å²) in [4.78, 5) is 0. The largest absolute Gasteiger partial charge is 0.269 e. The van der Waals surface area contributed by atoms with Crippen molar-refractivity contribution in [2.75, 3.05) is 12.1 Å². The zero-order valence-corrected chi connectivity index (χ0v) is 9.36. The van der Waals surface area contributed by atoms with Gasteiger partial charge in [-0.2, -0.15) is 5.10 Å². The third-order valence-electron chi connectivity index (χ3n) is 1.81. The summed E-state index contributed by atoms with van der Waals surface area (Å²) in [5.74, 6) is -0.481. The average Bonchev–Trinajstić information content (AvgIpc) is 2.34. The van der Waals surface area contributed by atoms with Gasteiger partial charge in [0.25, 0.3) is 0 Å². The van der Waals surface area contributed by atoms with E-state index in [1.165, 1.54) is 5.01 Å². The molecule has 15 heavy (non-hydrogen) atoms. The molecule has 0 saturated carbocycles. The van der Waals surface area contributed by atoms with E-state index in [1.54, 1.807) is 33.0 Å². The van der Waals surface area contributed by atoms with E-state index in [2.05, 4.69) is 5.10 Å². The lowest BCUT2D eigenvalue weighted by Gasteiger charge is -2.15. The molecule has 0 bridgehead atoms. The molecule has 0 atom stereocenters. The molecule has 0 aliphatic heterocycles. The fourth-order valence-corrected chi connectivity index (χ4v) is 1.15. The van der Waals surface area contributed by atoms with Crippen molar-refractivity contribution in [1.29, 1.82) is 0 Å². The highest BCUT2D eigenvalue weighted by molar-refractivity contribution is 5.82. The Morgan fingerprint density at radius 1 is 1.47 bits per heavy atom. The molecule has 0 saturated heterocycles. The van der Waals surface area contributed by atoms with Gasteiger partial charge in [-0.3, -0.25) is 5.01 Å². The van der Waals surface area contributed by atoms with Gasteiger partial charge in [0.15, 0.2) is 0 Å². The molecular weight excluding hydrogens is 184 g/mol. The monoisotopic (exact) mass is 209 g/mol. The van der Waals surface area contributed by atoms with Crippen LogP contribution in [0.25, 0.3) is 0 Å². The highest BCUT2D eigenvalue weighted by Gasteiger charge is 2.00. The highest BCUT2D eigenvalue weighted by Crippen LogP contribution is 2.12. The number of nitrogens with zero attached hydrogens (tertiary/aromatic N) is 2. The zero-order valence-electron chi connectivity index (χ0n) is 14.4. The third kappa shape index (κ3) is 4.15. The first-order valence-electron chi connectivity index (χ1n) is 7.45. The van der Waals surface area contributed by atoms with Gasteiger partial charge in [-0.15, -0.1) is 0 Å². The smallest absolute Gasteiger partial charge is 0.0590 e. The van der Waals surface area contributed by atoms with E-state index in [-0.39, 0.29) is 0 Å². The van der Waals surface area contributed by atoms with Crippen LogP contribution in [-0.2, 0) is 0 Å². The Labute approximate surface area is 99.6 Å². The van der Waals surface area contributed by atoms with Crippen molar-refractivity contribution >= 4 is 11.4 Å². The number of anilines is 1. The van der Waals surface area contributed by atoms with Crippen molar-refractivity contribution in [1.82, 2.24) is 0 Å². The summed E-state index contributed by atoms with van der Waals surface area (Å²) in [5.41, 5.74) is 0.278. The predicted octanol–water partition coefficient (Wildman–Crippen LogP) is 3.54. The third-order valence-corrected chi connectivity index (χ3v) is 1.81. The summed E-state index contributed by atoms with van der Waals surface area (Å²) >= 11 is 0. The standard InChI is InChI=1S/C13H20N2/c1-11(2)10-12(3)14-15(4)13-8-6-5-7-9-13/h5-9,11H,10H2,1-4H3/b14-12-/i3D3,10D2. The fourth-order valence-electron chi connectivity index (χ4n) is 1.15. The summed E-state index contributed by atoms with van der Waals surface area (Å²) in [6.07, 6.45) is -1.99. The Kier molecular flexibility index (Phi) is 2.33. The molecule has 82 valence electrons. The van der Waals surface area contributed by atoms with Crippen LogP contribution in [-0.4, -0.2) is 12.8 Å². The lowest BCUT2D eigenvalue weighted by Crippen LogP contribution is -2.12. The van der Waals surface area contributed by atoms with E-state index >= 15 is 0 Å². The van der Waals surface area contributed by atoms with Crippen LogP contribution >= 0.6 is 0 Å². The lowest BCUT2D eigenvalue weighted by atomic mass is 10.1. The second-order valence-corrected chi connectivity index (χ2v) is 3.61. The second kappa shape index (κ2) is 5.54. The van der Waals surface area contributed by atoms with E-state index in [0.29, 0.717) is 5.69 Å². The van der Waals surface area contributed by atoms with Gasteiger partial charge in [0.1, 0.15) is 0 Å². The van der Waals surface area contributed by atoms with E-state index in [9.17, 15) is 0 Å². The van der Waals surface area contributed by atoms with Crippen LogP contribution in [0.2, 0.25) is 0 Å². The normalized spacial score (nSPS) is 18.7. The lowest BCUT2D eigenvalue weighted by molar-refractivity contribution is 0.680. The number of para-hydroxylation sites is 1. The molecular formula is C13H20N2. The molecule has 0 radical (unpaired) electrons. The van der Waals surface area contributed by atoms with Crippen LogP contribution in [0.15, 0.2) is 35.4 Å². The molecule has 0 spiro atoms. The number of hydrazone groups is 1. The van der Waals surface area contributed by atoms with Crippen LogP contribution in [0, 0.1) is 5.92 Å². The Bertz CT molecular complexity index is 465. The van der Waals surface area contributed by atoms with E-state index in [4.69, 9.17) is 6.85 Å². The summed E-state index contributed by atoms with van der Waals surface area (Å²) in [5, 5.41) is 5.41. The van der Waals surface area contributed by atoms with Crippen molar-refractivity contribution in [3.05, 3.63) is 30.3 Å². The highest BCUT2D eigenvalue weighted by atomic mass is 15.4. The minimum atomic E-state index is -2.57. The molecule has 1 aromatic carbocycles. The first kappa shape index (κ1) is 6.31. The van der Waals surface area contributed by atoms with Crippen LogP contribution < -0.4 is 5.01 Å². The van der Waals surface area contributed by atoms with Crippen LogP contribution in [0.1, 0.15) is 33.9 Å². The molecule has 0 aliphatic rings. The molecule has 0 unspecified atom stereocenters. The second-order valence-electron chi connectivity index (χ2n) is 3.61. The maximum Gasteiger partial charge on any atom is 0.0590 e. The van der Waals surface area contributed by atoms with Gasteiger partial charge in [0, 0.05) is 19.6 Å². The molecule has 0 heterocycles. The van der Waals surface area contributed by atoms with Gasteiger partial charge in [-0.05, 0) is 31.3 Å². The van der Waals surface area contributed by atoms with Gasteiger partial charge in [-0.1, -0.05) is 32.0 Å². The average molecular weight is 209 g/mol. The minimum absolute atomic E-state index is 0.425. The molecule has 1 aromatic rings. The summed E-state index contributed by atoms with van der Waals surface area (Å²) < 4.78 is 38.6. The molecule has 0 aromatic heterocycles. The van der Waals surface area contributed by atoms with Gasteiger partial charge in [0.2, 0.25) is 0 Å². The van der Waals surface area contributed by atoms with Crippen LogP contribution in [0.5, 0.6) is 0 Å². The van der Waals surface area contributed by atoms with Crippen molar-refractivity contribution < 1.29 is 6.85 Å². The first-order valence-corrected chi connectivity index (χ1v) is 4.95. The van der Waals surface area contributed by atoms with Gasteiger partial charge >= 0.3 is 0 Å². The van der Waals surface area contributed by atoms with Crippen molar-refractivity contribution in [2.24, 2.45) is 11.0 Å². The van der Waals surface area contributed by atoms with Crippen molar-refractivity contribution in [3.8, 4) is 0 Å². The fraction of sp³-hybridized carbons (Fsp3) is 0.462. The summed E-state index contributed by atoms with van der Waals surface area (Å²) in [6.45, 7) is 0.713. The first-order chi connectivity index (χ1) is 9.06. The number of rotatable bonds is 4. The maximum absolute atomic E-state index is 8.00. The van der Waals surface area contributed by atoms with E-state index in [1.807, 2.05) is 18.2 Å². The van der Waals surface area contributed by atoms with Gasteiger partial charge in [-0.25, -0.2) is 0 Å². The Hall–Kier alpha value is -1.31. The number of benzene rings is 1. The molecule has 2 nitrogen and oxygen atoms in total. The van der Waals surface area contributed by atoms with E-state index < -0.39 is 24.9 Å². The topological polar surface area (TPSA) is 15.6 Å². The van der Waals surface area contributed by atoms with Crippen molar-refractivity contribution in [2.45, 2.75) is 27.1 Å². The molecule has 2 heteroatoms. The molecule has 0 aliphatic carbocycles. The number of hydrogen-bond donors (Lipinski definition) is 0. The SMILES string of the molecule is [2H]C([2H])([2H])/C(=N/N(C)c1ccccc1)C([2H])([2H])C(C)C. The minimum Gasteiger partial charge on any atom is -0.269 e. The molecule has 1 rings (SSSR count). The van der Waals surface area contributed by atoms with Crippen LogP contribution in [0.4, 0.5) is 5.69 Å². The van der Waals surface area contributed by atoms with Gasteiger partial charge < -0.3 is 0 Å². The summed E-state index contributed by atoms with van der Waals surface area (Å²) in [6, 6.07) is 9.04. The predicted molar refractivity (Wildman–Crippen MR) is 67.4 cm³/mol. The van der Waals surface area contributed by atoms with Crippen molar-refractivity contribution in [3.63, 3.8) is 0 Å². The quantitative estimate of drug-likeness (QED) is 0.547. The van der Waals surface area contributed by atoms with Gasteiger partial charge in [0.05, 0.1) is 5.69 Å². The Morgan fingerprint density at radius 2 is 2.13 bits per heavy atom. The molecule has 0 N–H and O–H groups in total. The molecule has 0 amide bonds. The maximum atomic E-state index is 8.00. The summed E-state index contributed by atoms with van der Waals surface area (Å²) in [7, 11) is 1.61. The zero-order chi connectivity index (χ0) is 15.6. The van der Waals surface area contributed by atoms with E-state index in [0.717, 1.165) is 0 Å². The van der Waals surface area contributed by atoms with Crippen LogP contribution in [0.3, 0.4) is 0 Å². The Balaban J connectivity index is 3.22. The number of hydrogen-bond acceptors (Lipinski definition) is 2.